The fourth-order valence-corrected chi connectivity index (χ4v) is 14.2. The Morgan fingerprint density at radius 3 is 0.956 bits per heavy atom. The first-order chi connectivity index (χ1) is 43.2. The number of anilines is 6. The highest BCUT2D eigenvalue weighted by molar-refractivity contribution is 7.00. The molecule has 2 aliphatic heterocycles. The van der Waals surface area contributed by atoms with Gasteiger partial charge < -0.3 is 18.6 Å². The predicted molar refractivity (Wildman–Crippen MR) is 390 cm³/mol. The molecule has 11 aromatic carbocycles. The normalized spacial score (nSPS) is 13.6. The van der Waals surface area contributed by atoms with Gasteiger partial charge in [0.1, 0.15) is 22.3 Å². The van der Waals surface area contributed by atoms with E-state index < -0.39 is 0 Å². The summed E-state index contributed by atoms with van der Waals surface area (Å²) in [6.07, 6.45) is 0. The molecule has 13 aromatic rings. The first kappa shape index (κ1) is 58.1. The third-order valence-electron chi connectivity index (χ3n) is 19.6. The van der Waals surface area contributed by atoms with E-state index in [0.717, 1.165) is 78.0 Å². The molecule has 0 saturated carbocycles. The van der Waals surface area contributed by atoms with Crippen molar-refractivity contribution >= 4 is 101 Å². The van der Waals surface area contributed by atoms with Crippen molar-refractivity contribution in [2.24, 2.45) is 0 Å². The summed E-state index contributed by atoms with van der Waals surface area (Å²) in [7, 11) is 0. The highest BCUT2D eigenvalue weighted by atomic mass is 16.3. The van der Waals surface area contributed by atoms with E-state index in [9.17, 15) is 0 Å². The Kier molecular flexibility index (Phi) is 13.2. The van der Waals surface area contributed by atoms with Gasteiger partial charge in [0.2, 0.25) is 0 Å². The summed E-state index contributed by atoms with van der Waals surface area (Å²) in [6.45, 7) is 34.7. The number of nitrogens with zero attached hydrogens (tertiary/aromatic N) is 2. The minimum atomic E-state index is -0.249. The topological polar surface area (TPSA) is 32.8 Å². The summed E-state index contributed by atoms with van der Waals surface area (Å²) in [5, 5.41) is 4.34. The zero-order valence-electron chi connectivity index (χ0n) is 55.6. The van der Waals surface area contributed by atoms with Gasteiger partial charge in [0, 0.05) is 33.5 Å². The summed E-state index contributed by atoms with van der Waals surface area (Å²) in [5.74, 6) is 0. The van der Waals surface area contributed by atoms with Crippen LogP contribution in [0.3, 0.4) is 0 Å². The predicted octanol–water partition coefficient (Wildman–Crippen LogP) is 22.7. The fourth-order valence-electron chi connectivity index (χ4n) is 14.2. The van der Waals surface area contributed by atoms with Gasteiger partial charge in [-0.3, -0.25) is 0 Å². The molecule has 0 N–H and O–H groups in total. The fraction of sp³-hybridized carbons (Fsp3) is 0.233. The molecule has 0 radical (unpaired) electrons. The number of hydrogen-bond donors (Lipinski definition) is 0. The van der Waals surface area contributed by atoms with Crippen molar-refractivity contribution in [3.63, 3.8) is 0 Å². The molecular weight excluding hydrogens is 1100 g/mol. The Hall–Kier alpha value is -9.32. The van der Waals surface area contributed by atoms with Gasteiger partial charge in [0.25, 0.3) is 6.71 Å². The molecule has 5 heteroatoms. The Bertz CT molecular complexity index is 4710. The monoisotopic (exact) mass is 1180 g/mol. The molecule has 450 valence electrons. The molecule has 4 heterocycles. The summed E-state index contributed by atoms with van der Waals surface area (Å²) in [4.78, 5) is 5.19. The van der Waals surface area contributed by atoms with Crippen LogP contribution in [0.1, 0.15) is 132 Å². The van der Waals surface area contributed by atoms with Gasteiger partial charge in [-0.25, -0.2) is 0 Å². The molecule has 0 unspecified atom stereocenters. The van der Waals surface area contributed by atoms with Gasteiger partial charge in [0.05, 0.1) is 22.1 Å². The molecule has 0 atom stereocenters. The smallest absolute Gasteiger partial charge is 0.252 e. The second-order valence-corrected chi connectivity index (χ2v) is 31.1. The van der Waals surface area contributed by atoms with Crippen molar-refractivity contribution in [2.75, 3.05) is 9.80 Å². The molecule has 91 heavy (non-hydrogen) atoms. The maximum absolute atomic E-state index is 7.02. The van der Waals surface area contributed by atoms with Gasteiger partial charge in [-0.15, -0.1) is 0 Å². The molecule has 2 aromatic heterocycles. The van der Waals surface area contributed by atoms with Crippen molar-refractivity contribution in [3.8, 4) is 44.5 Å². The lowest BCUT2D eigenvalue weighted by atomic mass is 9.33. The van der Waals surface area contributed by atoms with Gasteiger partial charge in [-0.1, -0.05) is 249 Å². The van der Waals surface area contributed by atoms with Crippen LogP contribution in [-0.2, 0) is 27.1 Å². The number of fused-ring (bicyclic) bond motifs is 10. The van der Waals surface area contributed by atoms with Crippen LogP contribution in [0.2, 0.25) is 0 Å². The molecule has 0 spiro atoms. The van der Waals surface area contributed by atoms with Gasteiger partial charge >= 0.3 is 0 Å². The average Bonchev–Trinajstić information content (AvgIpc) is 1.22. The van der Waals surface area contributed by atoms with E-state index in [4.69, 9.17) is 8.83 Å². The van der Waals surface area contributed by atoms with Crippen LogP contribution in [0.25, 0.3) is 88.4 Å². The minimum Gasteiger partial charge on any atom is -0.456 e. The summed E-state index contributed by atoms with van der Waals surface area (Å²) >= 11 is 0. The summed E-state index contributed by atoms with van der Waals surface area (Å²) in [5.41, 5.74) is 29.6. The van der Waals surface area contributed by atoms with Crippen molar-refractivity contribution in [1.82, 2.24) is 0 Å². The van der Waals surface area contributed by atoms with Crippen LogP contribution in [0.4, 0.5) is 34.1 Å². The van der Waals surface area contributed by atoms with Crippen LogP contribution in [0.15, 0.2) is 227 Å². The van der Waals surface area contributed by atoms with Crippen LogP contribution in [0, 0.1) is 0 Å². The van der Waals surface area contributed by atoms with Crippen LogP contribution in [0.5, 0.6) is 0 Å². The molecule has 0 bridgehead atoms. The van der Waals surface area contributed by atoms with Gasteiger partial charge in [0.15, 0.2) is 0 Å². The number of rotatable bonds is 6. The van der Waals surface area contributed by atoms with Crippen molar-refractivity contribution in [2.45, 2.75) is 131 Å². The Morgan fingerprint density at radius 1 is 0.253 bits per heavy atom. The van der Waals surface area contributed by atoms with E-state index in [-0.39, 0.29) is 33.8 Å². The molecule has 0 aliphatic carbocycles. The third-order valence-corrected chi connectivity index (χ3v) is 19.6. The zero-order chi connectivity index (χ0) is 63.4. The average molecular weight is 1190 g/mol. The SMILES string of the molecule is CC(C)(C)c1cc(-c2ccc3oc4cccc(N5c6ccc(-c7ccccc7)cc6B6c7cc(-c8ccccc8)ccc7N(c7cccc8oc9ccc(-c%10cc(C(C)(C)C)cc(C(C)(C)C)c%10)cc9c78)c7cc(C(C)(C)C)cc5c76)c4c3c2)cc(C(C)(C)C)c1. The Morgan fingerprint density at radius 2 is 0.593 bits per heavy atom. The Balaban J connectivity index is 1.03. The van der Waals surface area contributed by atoms with Crippen LogP contribution < -0.4 is 26.2 Å². The lowest BCUT2D eigenvalue weighted by molar-refractivity contribution is 0.568. The van der Waals surface area contributed by atoms with Crippen LogP contribution >= 0.6 is 0 Å². The highest BCUT2D eigenvalue weighted by Gasteiger charge is 2.45. The first-order valence-electron chi connectivity index (χ1n) is 32.7. The lowest BCUT2D eigenvalue weighted by Gasteiger charge is -2.45. The maximum atomic E-state index is 7.02. The van der Waals surface area contributed by atoms with Crippen molar-refractivity contribution in [3.05, 3.63) is 246 Å². The molecule has 2 aliphatic rings. The summed E-state index contributed by atoms with van der Waals surface area (Å²) < 4.78 is 14.0. The van der Waals surface area contributed by atoms with Crippen LogP contribution in [-0.4, -0.2) is 6.71 Å². The Labute approximate surface area is 538 Å². The van der Waals surface area contributed by atoms with Gasteiger partial charge in [-0.2, -0.15) is 0 Å². The molecule has 15 rings (SSSR count). The van der Waals surface area contributed by atoms with Crippen molar-refractivity contribution in [1.29, 1.82) is 0 Å². The quantitative estimate of drug-likeness (QED) is 0.155. The summed E-state index contributed by atoms with van der Waals surface area (Å²) in [6, 6.07) is 82.7. The maximum Gasteiger partial charge on any atom is 0.252 e. The first-order valence-corrected chi connectivity index (χ1v) is 32.7. The zero-order valence-corrected chi connectivity index (χ0v) is 55.6. The van der Waals surface area contributed by atoms with E-state index >= 15 is 0 Å². The van der Waals surface area contributed by atoms with Crippen molar-refractivity contribution < 1.29 is 8.83 Å². The second-order valence-electron chi connectivity index (χ2n) is 31.1. The molecule has 0 saturated heterocycles. The van der Waals surface area contributed by atoms with E-state index in [1.54, 1.807) is 0 Å². The van der Waals surface area contributed by atoms with E-state index in [1.165, 1.54) is 88.7 Å². The van der Waals surface area contributed by atoms with Gasteiger partial charge in [-0.05, 0) is 189 Å². The molecule has 0 fully saturated rings. The number of benzene rings is 11. The lowest BCUT2D eigenvalue weighted by Crippen LogP contribution is -2.61. The molecule has 4 nitrogen and oxygen atoms in total. The molecule has 0 amide bonds. The number of furan rings is 2. The highest BCUT2D eigenvalue weighted by Crippen LogP contribution is 2.52. The number of hydrogen-bond acceptors (Lipinski definition) is 4. The van der Waals surface area contributed by atoms with E-state index in [1.807, 2.05) is 0 Å². The minimum absolute atomic E-state index is 0.0340. The van der Waals surface area contributed by atoms with E-state index in [2.05, 4.69) is 332 Å². The largest absolute Gasteiger partial charge is 0.456 e. The third kappa shape index (κ3) is 9.90. The standard InChI is InChI=1S/C86H81BN2O2/c1-82(2,3)60-40-58(41-61(48-60)83(4,5)6)54-34-38-75-65(44-54)79-71(28-22-30-77(79)90-75)88-69-36-32-56(52-24-18-16-19-25-52)46-67(69)87-68-47-57(53-26-20-17-21-27-53)33-37-70(68)89(74-51-64(86(13,14)15)50-73(88)81(74)87)72-29-23-31-78-80(72)66-45-55(35-39-76(66)91-78)59-42-62(84(7,8)9)49-63(43-59)85(10,11)12/h16-51H,1-15H3. The van der Waals surface area contributed by atoms with E-state index in [0.29, 0.717) is 0 Å². The molecular formula is C86H81BN2O2. The second kappa shape index (κ2) is 20.6.